The summed E-state index contributed by atoms with van der Waals surface area (Å²) in [7, 11) is 0. The molecular formula is C11H21ClN2O2. The van der Waals surface area contributed by atoms with E-state index in [1.165, 1.54) is 0 Å². The van der Waals surface area contributed by atoms with Gasteiger partial charge in [-0.3, -0.25) is 4.79 Å². The van der Waals surface area contributed by atoms with Gasteiger partial charge in [0.05, 0.1) is 18.6 Å². The first-order chi connectivity index (χ1) is 7.31. The maximum Gasteiger partial charge on any atom is 0.227 e. The van der Waals surface area contributed by atoms with Gasteiger partial charge >= 0.3 is 0 Å². The highest BCUT2D eigenvalue weighted by Gasteiger charge is 2.30. The van der Waals surface area contributed by atoms with Crippen molar-refractivity contribution in [2.24, 2.45) is 5.92 Å². The number of ether oxygens (including phenoxy) is 1. The Morgan fingerprint density at radius 3 is 3.00 bits per heavy atom. The Balaban J connectivity index is 0.00000128. The zero-order chi connectivity index (χ0) is 10.7. The Morgan fingerprint density at radius 1 is 1.56 bits per heavy atom. The van der Waals surface area contributed by atoms with Crippen LogP contribution >= 0.6 is 12.4 Å². The maximum atomic E-state index is 12.1. The topological polar surface area (TPSA) is 41.6 Å². The molecule has 2 saturated heterocycles. The van der Waals surface area contributed by atoms with Gasteiger partial charge < -0.3 is 15.0 Å². The molecule has 16 heavy (non-hydrogen) atoms. The Bertz CT molecular complexity index is 232. The predicted molar refractivity (Wildman–Crippen MR) is 64.8 cm³/mol. The van der Waals surface area contributed by atoms with Gasteiger partial charge in [-0.05, 0) is 19.4 Å². The van der Waals surface area contributed by atoms with Gasteiger partial charge in [-0.25, -0.2) is 0 Å². The molecule has 1 unspecified atom stereocenters. The number of hydrogen-bond acceptors (Lipinski definition) is 3. The van der Waals surface area contributed by atoms with Crippen molar-refractivity contribution in [3.8, 4) is 0 Å². The highest BCUT2D eigenvalue weighted by atomic mass is 35.5. The quantitative estimate of drug-likeness (QED) is 0.781. The number of amides is 1. The predicted octanol–water partition coefficient (Wildman–Crippen LogP) is 0.655. The highest BCUT2D eigenvalue weighted by Crippen LogP contribution is 2.15. The standard InChI is InChI=1S/C11H20N2O2.ClH/c1-2-10-8-13(5-6-15-10)11(14)9-3-4-12-7-9;/h9-10,12H,2-8H2,1H3;1H/t9-,10?;/m1./s1. The average molecular weight is 249 g/mol. The third-order valence-corrected chi connectivity index (χ3v) is 3.32. The normalized spacial score (nSPS) is 29.9. The van der Waals surface area contributed by atoms with E-state index >= 15 is 0 Å². The van der Waals surface area contributed by atoms with Crippen LogP contribution in [0.5, 0.6) is 0 Å². The van der Waals surface area contributed by atoms with Gasteiger partial charge in [-0.1, -0.05) is 6.92 Å². The lowest BCUT2D eigenvalue weighted by molar-refractivity contribution is -0.142. The molecule has 0 radical (unpaired) electrons. The van der Waals surface area contributed by atoms with Crippen molar-refractivity contribution in [1.29, 1.82) is 0 Å². The zero-order valence-electron chi connectivity index (χ0n) is 9.78. The number of nitrogens with one attached hydrogen (secondary N) is 1. The van der Waals surface area contributed by atoms with Gasteiger partial charge in [-0.2, -0.15) is 0 Å². The van der Waals surface area contributed by atoms with Crippen molar-refractivity contribution in [3.63, 3.8) is 0 Å². The van der Waals surface area contributed by atoms with E-state index in [0.717, 1.165) is 39.0 Å². The molecule has 2 aliphatic rings. The van der Waals surface area contributed by atoms with E-state index in [2.05, 4.69) is 12.2 Å². The van der Waals surface area contributed by atoms with Crippen LogP contribution in [-0.2, 0) is 9.53 Å². The van der Waals surface area contributed by atoms with Crippen molar-refractivity contribution >= 4 is 18.3 Å². The summed E-state index contributed by atoms with van der Waals surface area (Å²) in [4.78, 5) is 14.1. The molecule has 0 aromatic carbocycles. The second-order valence-corrected chi connectivity index (χ2v) is 4.38. The Labute approximate surface area is 103 Å². The number of hydrogen-bond donors (Lipinski definition) is 1. The molecule has 4 nitrogen and oxygen atoms in total. The smallest absolute Gasteiger partial charge is 0.227 e. The minimum atomic E-state index is 0. The minimum Gasteiger partial charge on any atom is -0.375 e. The molecule has 2 atom stereocenters. The summed E-state index contributed by atoms with van der Waals surface area (Å²) in [6, 6.07) is 0. The molecule has 1 N–H and O–H groups in total. The molecule has 2 aliphatic heterocycles. The van der Waals surface area contributed by atoms with Gasteiger partial charge in [-0.15, -0.1) is 12.4 Å². The molecule has 1 amide bonds. The molecule has 5 heteroatoms. The lowest BCUT2D eigenvalue weighted by atomic mass is 10.1. The third kappa shape index (κ3) is 3.09. The number of halogens is 1. The lowest BCUT2D eigenvalue weighted by Crippen LogP contribution is -2.47. The first-order valence-electron chi connectivity index (χ1n) is 5.92. The Hall–Kier alpha value is -0.320. The van der Waals surface area contributed by atoms with Crippen molar-refractivity contribution in [1.82, 2.24) is 10.2 Å². The molecule has 0 saturated carbocycles. The minimum absolute atomic E-state index is 0. The molecule has 2 fully saturated rings. The zero-order valence-corrected chi connectivity index (χ0v) is 10.6. The highest BCUT2D eigenvalue weighted by molar-refractivity contribution is 5.85. The second-order valence-electron chi connectivity index (χ2n) is 4.38. The van der Waals surface area contributed by atoms with Crippen LogP contribution in [0.2, 0.25) is 0 Å². The third-order valence-electron chi connectivity index (χ3n) is 3.32. The van der Waals surface area contributed by atoms with E-state index in [0.29, 0.717) is 12.5 Å². The summed E-state index contributed by atoms with van der Waals surface area (Å²) in [5.74, 6) is 0.530. The number of morpholine rings is 1. The van der Waals surface area contributed by atoms with E-state index < -0.39 is 0 Å². The van der Waals surface area contributed by atoms with Crippen LogP contribution in [0.3, 0.4) is 0 Å². The monoisotopic (exact) mass is 248 g/mol. The molecule has 0 aromatic rings. The molecule has 2 heterocycles. The first kappa shape index (κ1) is 13.7. The number of nitrogens with zero attached hydrogens (tertiary/aromatic N) is 1. The van der Waals surface area contributed by atoms with Gasteiger partial charge in [0.1, 0.15) is 0 Å². The van der Waals surface area contributed by atoms with Gasteiger partial charge in [0.15, 0.2) is 0 Å². The van der Waals surface area contributed by atoms with Crippen LogP contribution in [0.1, 0.15) is 19.8 Å². The van der Waals surface area contributed by atoms with Crippen LogP contribution in [-0.4, -0.2) is 49.7 Å². The SMILES string of the molecule is CCC1CN(C(=O)[C@@H]2CCNC2)CCO1.Cl. The van der Waals surface area contributed by atoms with E-state index in [1.807, 2.05) is 4.90 Å². The molecule has 0 aliphatic carbocycles. The van der Waals surface area contributed by atoms with Crippen molar-refractivity contribution in [2.45, 2.75) is 25.9 Å². The van der Waals surface area contributed by atoms with Crippen LogP contribution in [0.4, 0.5) is 0 Å². The fourth-order valence-corrected chi connectivity index (χ4v) is 2.29. The van der Waals surface area contributed by atoms with Crippen LogP contribution in [0.25, 0.3) is 0 Å². The summed E-state index contributed by atoms with van der Waals surface area (Å²) in [6.45, 7) is 6.20. The summed E-state index contributed by atoms with van der Waals surface area (Å²) in [5, 5.41) is 3.24. The first-order valence-corrected chi connectivity index (χ1v) is 5.92. The lowest BCUT2D eigenvalue weighted by Gasteiger charge is -2.33. The Morgan fingerprint density at radius 2 is 2.38 bits per heavy atom. The summed E-state index contributed by atoms with van der Waals surface area (Å²) >= 11 is 0. The van der Waals surface area contributed by atoms with Crippen LogP contribution in [0.15, 0.2) is 0 Å². The molecule has 94 valence electrons. The number of carbonyl (C=O) groups excluding carboxylic acids is 1. The van der Waals surface area contributed by atoms with Crippen molar-refractivity contribution < 1.29 is 9.53 Å². The van der Waals surface area contributed by atoms with Crippen LogP contribution in [0, 0.1) is 5.92 Å². The van der Waals surface area contributed by atoms with Gasteiger partial charge in [0.25, 0.3) is 0 Å². The van der Waals surface area contributed by atoms with Crippen molar-refractivity contribution in [3.05, 3.63) is 0 Å². The van der Waals surface area contributed by atoms with Crippen LogP contribution < -0.4 is 5.32 Å². The van der Waals surface area contributed by atoms with Crippen molar-refractivity contribution in [2.75, 3.05) is 32.8 Å². The van der Waals surface area contributed by atoms with E-state index in [1.54, 1.807) is 0 Å². The molecule has 0 aromatic heterocycles. The second kappa shape index (κ2) is 6.42. The van der Waals surface area contributed by atoms with E-state index in [-0.39, 0.29) is 24.4 Å². The fraction of sp³-hybridized carbons (Fsp3) is 0.909. The van der Waals surface area contributed by atoms with E-state index in [9.17, 15) is 4.79 Å². The average Bonchev–Trinajstić information content (AvgIpc) is 2.81. The molecule has 0 spiro atoms. The van der Waals surface area contributed by atoms with Gasteiger partial charge in [0, 0.05) is 19.6 Å². The number of rotatable bonds is 2. The molecular weight excluding hydrogens is 228 g/mol. The largest absolute Gasteiger partial charge is 0.375 e. The summed E-state index contributed by atoms with van der Waals surface area (Å²) in [5.41, 5.74) is 0. The Kier molecular flexibility index (Phi) is 5.52. The molecule has 2 rings (SSSR count). The summed E-state index contributed by atoms with van der Waals surface area (Å²) in [6.07, 6.45) is 2.23. The number of carbonyl (C=O) groups is 1. The van der Waals surface area contributed by atoms with Gasteiger partial charge in [0.2, 0.25) is 5.91 Å². The van der Waals surface area contributed by atoms with E-state index in [4.69, 9.17) is 4.74 Å². The summed E-state index contributed by atoms with van der Waals surface area (Å²) < 4.78 is 5.56. The molecule has 0 bridgehead atoms. The maximum absolute atomic E-state index is 12.1. The fourth-order valence-electron chi connectivity index (χ4n) is 2.29.